The lowest BCUT2D eigenvalue weighted by Crippen LogP contribution is -1.99. The first-order valence-electron chi connectivity index (χ1n) is 11.0. The molecule has 0 saturated heterocycles. The van der Waals surface area contributed by atoms with Crippen molar-refractivity contribution in [3.05, 3.63) is 88.7 Å². The largest absolute Gasteiger partial charge is 0.489 e. The lowest BCUT2D eigenvalue weighted by molar-refractivity contribution is 0.305. The van der Waals surface area contributed by atoms with Gasteiger partial charge in [0.1, 0.15) is 18.2 Å². The third kappa shape index (κ3) is 5.90. The molecule has 4 heteroatoms. The van der Waals surface area contributed by atoms with E-state index in [0.717, 1.165) is 31.2 Å². The molecule has 0 amide bonds. The summed E-state index contributed by atoms with van der Waals surface area (Å²) in [4.78, 5) is 0. The van der Waals surface area contributed by atoms with Crippen molar-refractivity contribution in [3.8, 4) is 16.9 Å². The summed E-state index contributed by atoms with van der Waals surface area (Å²) in [5, 5.41) is 0. The van der Waals surface area contributed by atoms with Crippen molar-refractivity contribution >= 4 is 0 Å². The molecule has 0 aliphatic heterocycles. The summed E-state index contributed by atoms with van der Waals surface area (Å²) in [5.74, 6) is -1.21. The highest BCUT2D eigenvalue weighted by atomic mass is 19.2. The topological polar surface area (TPSA) is 9.23 Å². The molecular weight excluding hydrogens is 397 g/mol. The standard InChI is InChI=1S/C27H29F3O/c1-3-5-6-8-22-13-16-24(27(30)26(22)29)20-11-14-23(15-12-20)31-18-19-9-10-21(7-4-2)25(28)17-19/h9-17H,3-8,18H2,1-2H3. The summed E-state index contributed by atoms with van der Waals surface area (Å²) < 4.78 is 48.9. The highest BCUT2D eigenvalue weighted by Gasteiger charge is 2.14. The van der Waals surface area contributed by atoms with Crippen molar-refractivity contribution in [1.82, 2.24) is 0 Å². The van der Waals surface area contributed by atoms with Gasteiger partial charge in [-0.05, 0) is 59.7 Å². The van der Waals surface area contributed by atoms with Gasteiger partial charge in [-0.2, -0.15) is 0 Å². The van der Waals surface area contributed by atoms with Crippen molar-refractivity contribution < 1.29 is 17.9 Å². The monoisotopic (exact) mass is 426 g/mol. The fourth-order valence-electron chi connectivity index (χ4n) is 3.62. The summed E-state index contributed by atoms with van der Waals surface area (Å²) in [5.41, 5.74) is 2.69. The minimum Gasteiger partial charge on any atom is -0.489 e. The lowest BCUT2D eigenvalue weighted by atomic mass is 10.00. The number of rotatable bonds is 10. The molecule has 0 atom stereocenters. The molecule has 164 valence electrons. The molecule has 3 rings (SSSR count). The number of unbranched alkanes of at least 4 members (excludes halogenated alkanes) is 2. The van der Waals surface area contributed by atoms with Gasteiger partial charge in [0.2, 0.25) is 0 Å². The average molecular weight is 427 g/mol. The van der Waals surface area contributed by atoms with Crippen LogP contribution in [0.4, 0.5) is 13.2 Å². The Balaban J connectivity index is 1.66. The van der Waals surface area contributed by atoms with Crippen LogP contribution in [0, 0.1) is 17.5 Å². The third-order valence-corrected chi connectivity index (χ3v) is 5.42. The minimum atomic E-state index is -0.815. The Morgan fingerprint density at radius 3 is 2.13 bits per heavy atom. The van der Waals surface area contributed by atoms with Gasteiger partial charge < -0.3 is 4.74 Å². The zero-order chi connectivity index (χ0) is 22.2. The maximum atomic E-state index is 14.6. The predicted octanol–water partition coefficient (Wildman–Crippen LogP) is 8.04. The van der Waals surface area contributed by atoms with Crippen molar-refractivity contribution in [2.24, 2.45) is 0 Å². The van der Waals surface area contributed by atoms with Gasteiger partial charge in [-0.15, -0.1) is 0 Å². The van der Waals surface area contributed by atoms with Crippen molar-refractivity contribution in [1.29, 1.82) is 0 Å². The Morgan fingerprint density at radius 2 is 1.45 bits per heavy atom. The van der Waals surface area contributed by atoms with Gasteiger partial charge in [-0.25, -0.2) is 13.2 Å². The van der Waals surface area contributed by atoms with Crippen LogP contribution < -0.4 is 4.74 Å². The quantitative estimate of drug-likeness (QED) is 0.298. The maximum absolute atomic E-state index is 14.6. The molecule has 3 aromatic carbocycles. The number of aryl methyl sites for hydroxylation is 2. The molecule has 0 unspecified atom stereocenters. The Bertz CT molecular complexity index is 996. The van der Waals surface area contributed by atoms with E-state index in [1.807, 2.05) is 13.0 Å². The Labute approximate surface area is 182 Å². The number of ether oxygens (including phenoxy) is 1. The summed E-state index contributed by atoms with van der Waals surface area (Å²) in [6.45, 7) is 4.33. The fraction of sp³-hybridized carbons (Fsp3) is 0.333. The van der Waals surface area contributed by atoms with E-state index in [-0.39, 0.29) is 18.0 Å². The second-order valence-corrected chi connectivity index (χ2v) is 7.85. The van der Waals surface area contributed by atoms with Crippen molar-refractivity contribution in [3.63, 3.8) is 0 Å². The van der Waals surface area contributed by atoms with E-state index in [2.05, 4.69) is 6.92 Å². The second kappa shape index (κ2) is 11.0. The molecule has 31 heavy (non-hydrogen) atoms. The van der Waals surface area contributed by atoms with E-state index in [4.69, 9.17) is 4.74 Å². The summed E-state index contributed by atoms with van der Waals surface area (Å²) >= 11 is 0. The Morgan fingerprint density at radius 1 is 0.710 bits per heavy atom. The van der Waals surface area contributed by atoms with Gasteiger partial charge in [0.25, 0.3) is 0 Å². The first-order valence-corrected chi connectivity index (χ1v) is 11.0. The highest BCUT2D eigenvalue weighted by Crippen LogP contribution is 2.29. The summed E-state index contributed by atoms with van der Waals surface area (Å²) in [6.07, 6.45) is 5.04. The summed E-state index contributed by atoms with van der Waals surface area (Å²) in [7, 11) is 0. The van der Waals surface area contributed by atoms with E-state index in [1.165, 1.54) is 6.07 Å². The zero-order valence-corrected chi connectivity index (χ0v) is 18.2. The lowest BCUT2D eigenvalue weighted by Gasteiger charge is -2.11. The molecule has 1 nitrogen and oxygen atoms in total. The van der Waals surface area contributed by atoms with Gasteiger partial charge >= 0.3 is 0 Å². The van der Waals surface area contributed by atoms with Gasteiger partial charge in [0.15, 0.2) is 11.6 Å². The van der Waals surface area contributed by atoms with Crippen LogP contribution in [0.3, 0.4) is 0 Å². The SMILES string of the molecule is CCCCCc1ccc(-c2ccc(OCc3ccc(CCC)c(F)c3)cc2)c(F)c1F. The van der Waals surface area contributed by atoms with E-state index in [1.54, 1.807) is 42.5 Å². The van der Waals surface area contributed by atoms with Crippen LogP contribution >= 0.6 is 0 Å². The second-order valence-electron chi connectivity index (χ2n) is 7.85. The van der Waals surface area contributed by atoms with Crippen molar-refractivity contribution in [2.75, 3.05) is 0 Å². The first-order chi connectivity index (χ1) is 15.0. The molecule has 0 aliphatic rings. The van der Waals surface area contributed by atoms with E-state index >= 15 is 0 Å². The Kier molecular flexibility index (Phi) is 8.16. The van der Waals surface area contributed by atoms with Crippen LogP contribution in [0.1, 0.15) is 56.2 Å². The molecule has 0 radical (unpaired) electrons. The van der Waals surface area contributed by atoms with Gasteiger partial charge in [-0.3, -0.25) is 0 Å². The van der Waals surface area contributed by atoms with Crippen LogP contribution in [0.15, 0.2) is 54.6 Å². The normalized spacial score (nSPS) is 11.0. The minimum absolute atomic E-state index is 0.214. The van der Waals surface area contributed by atoms with Gasteiger partial charge in [-0.1, -0.05) is 69.5 Å². The Hall–Kier alpha value is -2.75. The van der Waals surface area contributed by atoms with E-state index in [9.17, 15) is 13.2 Å². The van der Waals surface area contributed by atoms with Crippen LogP contribution in [0.5, 0.6) is 5.75 Å². The number of hydrogen-bond acceptors (Lipinski definition) is 1. The average Bonchev–Trinajstić information content (AvgIpc) is 2.78. The van der Waals surface area contributed by atoms with Crippen molar-refractivity contribution in [2.45, 2.75) is 59.0 Å². The molecule has 0 N–H and O–H groups in total. The molecule has 0 fully saturated rings. The first kappa shape index (κ1) is 22.9. The fourth-order valence-corrected chi connectivity index (χ4v) is 3.62. The maximum Gasteiger partial charge on any atom is 0.166 e. The molecule has 0 aromatic heterocycles. The van der Waals surface area contributed by atoms with Crippen LogP contribution in [-0.4, -0.2) is 0 Å². The molecule has 0 heterocycles. The molecule has 3 aromatic rings. The molecule has 0 bridgehead atoms. The summed E-state index contributed by atoms with van der Waals surface area (Å²) in [6, 6.07) is 15.3. The van der Waals surface area contributed by atoms with Crippen LogP contribution in [0.25, 0.3) is 11.1 Å². The van der Waals surface area contributed by atoms with Crippen LogP contribution in [0.2, 0.25) is 0 Å². The molecule has 0 aliphatic carbocycles. The smallest absolute Gasteiger partial charge is 0.166 e. The number of benzene rings is 3. The van der Waals surface area contributed by atoms with Gasteiger partial charge in [0, 0.05) is 5.56 Å². The molecule has 0 spiro atoms. The third-order valence-electron chi connectivity index (χ3n) is 5.42. The zero-order valence-electron chi connectivity index (χ0n) is 18.2. The number of halogens is 3. The predicted molar refractivity (Wildman–Crippen MR) is 120 cm³/mol. The highest BCUT2D eigenvalue weighted by molar-refractivity contribution is 5.65. The number of hydrogen-bond donors (Lipinski definition) is 0. The van der Waals surface area contributed by atoms with E-state index in [0.29, 0.717) is 35.3 Å². The van der Waals surface area contributed by atoms with Gasteiger partial charge in [0.05, 0.1) is 0 Å². The van der Waals surface area contributed by atoms with Crippen LogP contribution in [-0.2, 0) is 19.4 Å². The van der Waals surface area contributed by atoms with E-state index < -0.39 is 11.6 Å². The molecule has 0 saturated carbocycles. The molecular formula is C27H29F3O.